The fourth-order valence-electron chi connectivity index (χ4n) is 2.44. The van der Waals surface area contributed by atoms with Gasteiger partial charge in [0.15, 0.2) is 11.5 Å². The molecule has 0 aliphatic heterocycles. The number of ether oxygens (including phenoxy) is 3. The first kappa shape index (κ1) is 20.0. The normalized spacial score (nSPS) is 10.2. The Labute approximate surface area is 157 Å². The Balaban J connectivity index is 2.07. The van der Waals surface area contributed by atoms with E-state index in [4.69, 9.17) is 14.2 Å². The number of nitro groups is 1. The third kappa shape index (κ3) is 5.34. The zero-order valence-corrected chi connectivity index (χ0v) is 15.5. The highest BCUT2D eigenvalue weighted by molar-refractivity contribution is 5.99. The third-order valence-electron chi connectivity index (χ3n) is 3.67. The molecular weight excluding hydrogens is 352 g/mol. The quantitative estimate of drug-likeness (QED) is 0.411. The van der Waals surface area contributed by atoms with Crippen molar-refractivity contribution >= 4 is 11.6 Å². The number of aryl methyl sites for hydroxylation is 1. The molecule has 0 fully saturated rings. The van der Waals surface area contributed by atoms with Crippen LogP contribution in [-0.4, -0.2) is 37.7 Å². The van der Waals surface area contributed by atoms with Crippen molar-refractivity contribution in [1.29, 1.82) is 0 Å². The van der Waals surface area contributed by atoms with E-state index >= 15 is 0 Å². The standard InChI is InChI=1S/C19H22N2O6/c1-4-26-18-11-15(16(21(23)24)12-17(18)25-3)19(22)20-8-9-27-14-7-5-6-13(2)10-14/h5-7,10-12H,4,8-9H2,1-3H3,(H,20,22). The summed E-state index contributed by atoms with van der Waals surface area (Å²) in [7, 11) is 1.38. The average Bonchev–Trinajstić information content (AvgIpc) is 2.65. The van der Waals surface area contributed by atoms with Gasteiger partial charge in [-0.15, -0.1) is 0 Å². The Hall–Kier alpha value is -3.29. The summed E-state index contributed by atoms with van der Waals surface area (Å²) in [5.41, 5.74) is 0.612. The van der Waals surface area contributed by atoms with Crippen molar-refractivity contribution < 1.29 is 23.9 Å². The molecule has 0 spiro atoms. The highest BCUT2D eigenvalue weighted by Gasteiger charge is 2.24. The molecular formula is C19H22N2O6. The van der Waals surface area contributed by atoms with Gasteiger partial charge in [-0.1, -0.05) is 12.1 Å². The van der Waals surface area contributed by atoms with Crippen LogP contribution < -0.4 is 19.5 Å². The van der Waals surface area contributed by atoms with Gasteiger partial charge in [-0.05, 0) is 31.5 Å². The van der Waals surface area contributed by atoms with Gasteiger partial charge in [0.2, 0.25) is 0 Å². The fourth-order valence-corrected chi connectivity index (χ4v) is 2.44. The van der Waals surface area contributed by atoms with Gasteiger partial charge in [-0.25, -0.2) is 0 Å². The minimum Gasteiger partial charge on any atom is -0.493 e. The smallest absolute Gasteiger partial charge is 0.286 e. The summed E-state index contributed by atoms with van der Waals surface area (Å²) in [6, 6.07) is 10.0. The molecule has 2 aromatic carbocycles. The first-order chi connectivity index (χ1) is 13.0. The zero-order valence-electron chi connectivity index (χ0n) is 15.5. The fraction of sp³-hybridized carbons (Fsp3) is 0.316. The summed E-state index contributed by atoms with van der Waals surface area (Å²) in [6.45, 7) is 4.48. The van der Waals surface area contributed by atoms with Crippen molar-refractivity contribution in [3.63, 3.8) is 0 Å². The molecule has 1 N–H and O–H groups in total. The van der Waals surface area contributed by atoms with E-state index < -0.39 is 10.8 Å². The van der Waals surface area contributed by atoms with Crippen LogP contribution in [0.15, 0.2) is 36.4 Å². The maximum Gasteiger partial charge on any atom is 0.286 e. The van der Waals surface area contributed by atoms with Crippen molar-refractivity contribution in [3.8, 4) is 17.2 Å². The number of carbonyl (C=O) groups excluding carboxylic acids is 1. The van der Waals surface area contributed by atoms with Crippen LogP contribution in [0.1, 0.15) is 22.8 Å². The van der Waals surface area contributed by atoms with E-state index in [-0.39, 0.29) is 35.9 Å². The zero-order chi connectivity index (χ0) is 19.8. The number of nitrogens with one attached hydrogen (secondary N) is 1. The Kier molecular flexibility index (Phi) is 6.99. The van der Waals surface area contributed by atoms with Crippen LogP contribution in [0.2, 0.25) is 0 Å². The molecule has 0 aromatic heterocycles. The molecule has 8 nitrogen and oxygen atoms in total. The summed E-state index contributed by atoms with van der Waals surface area (Å²) in [6.07, 6.45) is 0. The average molecular weight is 374 g/mol. The Morgan fingerprint density at radius 3 is 2.59 bits per heavy atom. The Morgan fingerprint density at radius 1 is 1.19 bits per heavy atom. The van der Waals surface area contributed by atoms with Crippen LogP contribution in [0.25, 0.3) is 0 Å². The lowest BCUT2D eigenvalue weighted by atomic mass is 10.1. The number of nitro benzene ring substituents is 1. The molecule has 144 valence electrons. The van der Waals surface area contributed by atoms with Gasteiger partial charge < -0.3 is 19.5 Å². The number of nitrogens with zero attached hydrogens (tertiary/aromatic N) is 1. The van der Waals surface area contributed by atoms with Gasteiger partial charge in [0.1, 0.15) is 17.9 Å². The van der Waals surface area contributed by atoms with Gasteiger partial charge in [-0.2, -0.15) is 0 Å². The molecule has 0 bridgehead atoms. The molecule has 1 amide bonds. The van der Waals surface area contributed by atoms with Crippen LogP contribution in [-0.2, 0) is 0 Å². The molecule has 0 heterocycles. The number of benzene rings is 2. The molecule has 2 rings (SSSR count). The monoisotopic (exact) mass is 374 g/mol. The van der Waals surface area contributed by atoms with E-state index in [2.05, 4.69) is 5.32 Å². The predicted octanol–water partition coefficient (Wildman–Crippen LogP) is 3.12. The van der Waals surface area contributed by atoms with Crippen molar-refractivity contribution in [2.75, 3.05) is 26.9 Å². The van der Waals surface area contributed by atoms with Gasteiger partial charge >= 0.3 is 0 Å². The molecule has 0 atom stereocenters. The molecule has 2 aromatic rings. The molecule has 0 saturated carbocycles. The van der Waals surface area contributed by atoms with Gasteiger partial charge in [-0.3, -0.25) is 14.9 Å². The highest BCUT2D eigenvalue weighted by Crippen LogP contribution is 2.34. The number of hydrogen-bond donors (Lipinski definition) is 1. The lowest BCUT2D eigenvalue weighted by Crippen LogP contribution is -2.28. The number of methoxy groups -OCH3 is 1. The van der Waals surface area contributed by atoms with Crippen molar-refractivity contribution in [2.24, 2.45) is 0 Å². The second kappa shape index (κ2) is 9.42. The summed E-state index contributed by atoms with van der Waals surface area (Å²) < 4.78 is 16.1. The molecule has 0 aliphatic rings. The number of amides is 1. The van der Waals surface area contributed by atoms with Crippen LogP contribution in [0.5, 0.6) is 17.2 Å². The Morgan fingerprint density at radius 2 is 1.96 bits per heavy atom. The van der Waals surface area contributed by atoms with Gasteiger partial charge in [0.05, 0.1) is 31.3 Å². The number of hydrogen-bond acceptors (Lipinski definition) is 6. The molecule has 27 heavy (non-hydrogen) atoms. The minimum absolute atomic E-state index is 0.0974. The van der Waals surface area contributed by atoms with Crippen LogP contribution in [0.4, 0.5) is 5.69 Å². The lowest BCUT2D eigenvalue weighted by Gasteiger charge is -2.12. The van der Waals surface area contributed by atoms with E-state index in [0.717, 1.165) is 5.56 Å². The largest absolute Gasteiger partial charge is 0.493 e. The lowest BCUT2D eigenvalue weighted by molar-refractivity contribution is -0.385. The predicted molar refractivity (Wildman–Crippen MR) is 99.8 cm³/mol. The van der Waals surface area contributed by atoms with Gasteiger partial charge in [0.25, 0.3) is 11.6 Å². The topological polar surface area (TPSA) is 99.9 Å². The molecule has 0 saturated heterocycles. The summed E-state index contributed by atoms with van der Waals surface area (Å²) in [5, 5.41) is 13.9. The minimum atomic E-state index is -0.629. The highest BCUT2D eigenvalue weighted by atomic mass is 16.6. The molecule has 0 aliphatic carbocycles. The number of carbonyl (C=O) groups is 1. The van der Waals surface area contributed by atoms with E-state index in [0.29, 0.717) is 12.4 Å². The number of rotatable bonds is 9. The van der Waals surface area contributed by atoms with Gasteiger partial charge in [0, 0.05) is 6.07 Å². The van der Waals surface area contributed by atoms with E-state index in [1.54, 1.807) is 6.92 Å². The molecule has 0 radical (unpaired) electrons. The maximum absolute atomic E-state index is 12.4. The second-order valence-corrected chi connectivity index (χ2v) is 5.63. The first-order valence-electron chi connectivity index (χ1n) is 8.43. The van der Waals surface area contributed by atoms with E-state index in [9.17, 15) is 14.9 Å². The maximum atomic E-state index is 12.4. The van der Waals surface area contributed by atoms with Crippen molar-refractivity contribution in [2.45, 2.75) is 13.8 Å². The van der Waals surface area contributed by atoms with Crippen LogP contribution in [0.3, 0.4) is 0 Å². The van der Waals surface area contributed by atoms with Crippen LogP contribution in [0, 0.1) is 17.0 Å². The molecule has 0 unspecified atom stereocenters. The second-order valence-electron chi connectivity index (χ2n) is 5.63. The third-order valence-corrected chi connectivity index (χ3v) is 3.67. The first-order valence-corrected chi connectivity index (χ1v) is 8.43. The Bertz CT molecular complexity index is 822. The van der Waals surface area contributed by atoms with Crippen molar-refractivity contribution in [3.05, 3.63) is 57.6 Å². The summed E-state index contributed by atoms with van der Waals surface area (Å²) in [5.74, 6) is 0.575. The van der Waals surface area contributed by atoms with Crippen molar-refractivity contribution in [1.82, 2.24) is 5.32 Å². The SMILES string of the molecule is CCOc1cc(C(=O)NCCOc2cccc(C)c2)c([N+](=O)[O-])cc1OC. The van der Waals surface area contributed by atoms with E-state index in [1.165, 1.54) is 19.2 Å². The van der Waals surface area contributed by atoms with E-state index in [1.807, 2.05) is 31.2 Å². The van der Waals surface area contributed by atoms with Crippen LogP contribution >= 0.6 is 0 Å². The summed E-state index contributed by atoms with van der Waals surface area (Å²) in [4.78, 5) is 23.1. The summed E-state index contributed by atoms with van der Waals surface area (Å²) >= 11 is 0. The molecule has 8 heteroatoms.